The predicted octanol–water partition coefficient (Wildman–Crippen LogP) is 3.36. The molecule has 1 fully saturated rings. The Morgan fingerprint density at radius 2 is 1.62 bits per heavy atom. The molecule has 0 N–H and O–H groups in total. The van der Waals surface area contributed by atoms with Crippen LogP contribution in [0.15, 0.2) is 55.1 Å². The third-order valence-corrected chi connectivity index (χ3v) is 4.29. The molecule has 1 saturated heterocycles. The fraction of sp³-hybridized carbons (Fsp3) is 0.158. The number of amides is 2. The maximum absolute atomic E-state index is 12.4. The molecule has 1 heterocycles. The monoisotopic (exact) mass is 340 g/mol. The maximum Gasteiger partial charge on any atom is 0.316 e. The summed E-state index contributed by atoms with van der Waals surface area (Å²) in [7, 11) is 0. The molecule has 2 amide bonds. The van der Waals surface area contributed by atoms with E-state index in [4.69, 9.17) is 11.6 Å². The van der Waals surface area contributed by atoms with Crippen LogP contribution in [0.25, 0.3) is 6.08 Å². The molecule has 2 aromatic carbocycles. The fourth-order valence-electron chi connectivity index (χ4n) is 2.67. The Balaban J connectivity index is 1.71. The van der Waals surface area contributed by atoms with E-state index in [2.05, 4.69) is 6.58 Å². The molecule has 3 rings (SSSR count). The van der Waals surface area contributed by atoms with Gasteiger partial charge in [0.1, 0.15) is 0 Å². The molecule has 0 aliphatic carbocycles. The van der Waals surface area contributed by atoms with Crippen molar-refractivity contribution >= 4 is 35.2 Å². The maximum atomic E-state index is 12.4. The van der Waals surface area contributed by atoms with Gasteiger partial charge < -0.3 is 9.80 Å². The summed E-state index contributed by atoms with van der Waals surface area (Å²) in [5.41, 5.74) is 2.70. The van der Waals surface area contributed by atoms with Crippen molar-refractivity contribution in [2.24, 2.45) is 0 Å². The van der Waals surface area contributed by atoms with Gasteiger partial charge in [-0.3, -0.25) is 9.59 Å². The fourth-order valence-corrected chi connectivity index (χ4v) is 2.80. The van der Waals surface area contributed by atoms with Crippen LogP contribution in [0.3, 0.4) is 0 Å². The Kier molecular flexibility index (Phi) is 4.67. The number of nitrogens with zero attached hydrogens (tertiary/aromatic N) is 2. The van der Waals surface area contributed by atoms with Gasteiger partial charge in [0.05, 0.1) is 0 Å². The first-order chi connectivity index (χ1) is 11.6. The summed E-state index contributed by atoms with van der Waals surface area (Å²) >= 11 is 5.87. The highest BCUT2D eigenvalue weighted by atomic mass is 35.5. The van der Waals surface area contributed by atoms with Crippen LogP contribution in [-0.2, 0) is 16.1 Å². The average Bonchev–Trinajstić information content (AvgIpc) is 2.61. The second-order valence-electron chi connectivity index (χ2n) is 5.61. The van der Waals surface area contributed by atoms with Crippen LogP contribution in [0, 0.1) is 0 Å². The molecule has 122 valence electrons. The van der Waals surface area contributed by atoms with Crippen molar-refractivity contribution in [2.45, 2.75) is 6.54 Å². The largest absolute Gasteiger partial charge is 0.328 e. The topological polar surface area (TPSA) is 40.6 Å². The molecule has 2 aromatic rings. The normalized spacial score (nSPS) is 14.9. The van der Waals surface area contributed by atoms with Gasteiger partial charge in [0.25, 0.3) is 0 Å². The second-order valence-corrected chi connectivity index (χ2v) is 6.04. The van der Waals surface area contributed by atoms with E-state index >= 15 is 0 Å². The van der Waals surface area contributed by atoms with Crippen molar-refractivity contribution in [3.63, 3.8) is 0 Å². The van der Waals surface area contributed by atoms with Gasteiger partial charge in [-0.25, -0.2) is 0 Å². The Hall–Kier alpha value is -2.59. The zero-order chi connectivity index (χ0) is 17.1. The number of anilines is 1. The van der Waals surface area contributed by atoms with E-state index in [1.165, 1.54) is 4.90 Å². The molecule has 0 radical (unpaired) electrons. The molecule has 1 aliphatic heterocycles. The van der Waals surface area contributed by atoms with Crippen LogP contribution in [0.5, 0.6) is 0 Å². The zero-order valence-corrected chi connectivity index (χ0v) is 13.9. The molecule has 0 spiro atoms. The first-order valence-electron chi connectivity index (χ1n) is 7.66. The van der Waals surface area contributed by atoms with Gasteiger partial charge in [0, 0.05) is 30.3 Å². The van der Waals surface area contributed by atoms with Crippen molar-refractivity contribution in [3.8, 4) is 0 Å². The SMILES string of the molecule is C=Cc1ccc(CN2CCN(c3ccc(Cl)cc3)C(=O)C2=O)cc1. The quantitative estimate of drug-likeness (QED) is 0.801. The van der Waals surface area contributed by atoms with Crippen molar-refractivity contribution < 1.29 is 9.59 Å². The lowest BCUT2D eigenvalue weighted by Gasteiger charge is -2.33. The van der Waals surface area contributed by atoms with Crippen molar-refractivity contribution in [2.75, 3.05) is 18.0 Å². The molecular weight excluding hydrogens is 324 g/mol. The van der Waals surface area contributed by atoms with E-state index in [-0.39, 0.29) is 0 Å². The molecule has 5 heteroatoms. The number of hydrogen-bond acceptors (Lipinski definition) is 2. The second kappa shape index (κ2) is 6.89. The van der Waals surface area contributed by atoms with Crippen LogP contribution in [0.4, 0.5) is 5.69 Å². The van der Waals surface area contributed by atoms with E-state index in [0.717, 1.165) is 11.1 Å². The third kappa shape index (κ3) is 3.34. The standard InChI is InChI=1S/C19H17ClN2O2/c1-2-14-3-5-15(6-4-14)13-21-11-12-22(19(24)18(21)23)17-9-7-16(20)8-10-17/h2-10H,1,11-13H2. The van der Waals surface area contributed by atoms with Gasteiger partial charge in [-0.1, -0.05) is 48.5 Å². The molecule has 24 heavy (non-hydrogen) atoms. The summed E-state index contributed by atoms with van der Waals surface area (Å²) < 4.78 is 0. The zero-order valence-electron chi connectivity index (χ0n) is 13.1. The Bertz CT molecular complexity index is 769. The summed E-state index contributed by atoms with van der Waals surface area (Å²) in [4.78, 5) is 27.9. The van der Waals surface area contributed by atoms with Crippen LogP contribution in [0.1, 0.15) is 11.1 Å². The van der Waals surface area contributed by atoms with Gasteiger partial charge in [-0.2, -0.15) is 0 Å². The number of halogens is 1. The Morgan fingerprint density at radius 1 is 0.958 bits per heavy atom. The highest BCUT2D eigenvalue weighted by Gasteiger charge is 2.33. The molecule has 0 saturated carbocycles. The van der Waals surface area contributed by atoms with Crippen LogP contribution < -0.4 is 4.90 Å². The number of carbonyl (C=O) groups excluding carboxylic acids is 2. The lowest BCUT2D eigenvalue weighted by atomic mass is 10.1. The smallest absolute Gasteiger partial charge is 0.316 e. The number of hydrogen-bond donors (Lipinski definition) is 0. The molecule has 0 unspecified atom stereocenters. The minimum atomic E-state index is -0.508. The van der Waals surface area contributed by atoms with Crippen LogP contribution >= 0.6 is 11.6 Å². The van der Waals surface area contributed by atoms with Crippen LogP contribution in [0.2, 0.25) is 5.02 Å². The minimum Gasteiger partial charge on any atom is -0.328 e. The first kappa shape index (κ1) is 16.3. The summed E-state index contributed by atoms with van der Waals surface area (Å²) in [6.45, 7) is 5.11. The third-order valence-electron chi connectivity index (χ3n) is 4.04. The first-order valence-corrected chi connectivity index (χ1v) is 8.04. The minimum absolute atomic E-state index is 0.427. The highest BCUT2D eigenvalue weighted by molar-refractivity contribution is 6.41. The summed E-state index contributed by atoms with van der Waals surface area (Å²) in [5.74, 6) is -0.990. The van der Waals surface area contributed by atoms with Crippen molar-refractivity contribution in [3.05, 3.63) is 71.3 Å². The Labute approximate surface area is 145 Å². The van der Waals surface area contributed by atoms with Crippen molar-refractivity contribution in [1.29, 1.82) is 0 Å². The molecule has 0 aromatic heterocycles. The number of rotatable bonds is 4. The lowest BCUT2D eigenvalue weighted by molar-refractivity contribution is -0.146. The number of carbonyl (C=O) groups is 2. The summed E-state index contributed by atoms with van der Waals surface area (Å²) in [6, 6.07) is 14.7. The number of piperazine rings is 1. The van der Waals surface area contributed by atoms with E-state index in [0.29, 0.717) is 30.3 Å². The summed E-state index contributed by atoms with van der Waals surface area (Å²) in [6.07, 6.45) is 1.77. The molecular formula is C19H17ClN2O2. The van der Waals surface area contributed by atoms with Gasteiger partial charge in [-0.15, -0.1) is 0 Å². The van der Waals surface area contributed by atoms with Crippen molar-refractivity contribution in [1.82, 2.24) is 4.90 Å². The molecule has 4 nitrogen and oxygen atoms in total. The molecule has 0 atom stereocenters. The van der Waals surface area contributed by atoms with Crippen LogP contribution in [-0.4, -0.2) is 29.8 Å². The molecule has 1 aliphatic rings. The van der Waals surface area contributed by atoms with Gasteiger partial charge in [0.2, 0.25) is 0 Å². The van der Waals surface area contributed by atoms with Gasteiger partial charge in [0.15, 0.2) is 0 Å². The van der Waals surface area contributed by atoms with Gasteiger partial charge in [-0.05, 0) is 35.4 Å². The van der Waals surface area contributed by atoms with E-state index < -0.39 is 11.8 Å². The lowest BCUT2D eigenvalue weighted by Crippen LogP contribution is -2.54. The Morgan fingerprint density at radius 3 is 2.25 bits per heavy atom. The highest BCUT2D eigenvalue weighted by Crippen LogP contribution is 2.21. The van der Waals surface area contributed by atoms with Gasteiger partial charge >= 0.3 is 11.8 Å². The predicted molar refractivity (Wildman–Crippen MR) is 95.8 cm³/mol. The number of benzene rings is 2. The van der Waals surface area contributed by atoms with E-state index in [1.54, 1.807) is 35.2 Å². The molecule has 0 bridgehead atoms. The average molecular weight is 341 g/mol. The summed E-state index contributed by atoms with van der Waals surface area (Å²) in [5, 5.41) is 0.596. The van der Waals surface area contributed by atoms with E-state index in [9.17, 15) is 9.59 Å². The van der Waals surface area contributed by atoms with E-state index in [1.807, 2.05) is 24.3 Å².